The van der Waals surface area contributed by atoms with Crippen LogP contribution in [-0.2, 0) is 57.4 Å². The van der Waals surface area contributed by atoms with E-state index in [4.69, 9.17) is 14.2 Å². The Kier molecular flexibility index (Phi) is 18.8. The highest BCUT2D eigenvalue weighted by molar-refractivity contribution is 5.95. The van der Waals surface area contributed by atoms with E-state index in [1.54, 1.807) is 48.5 Å². The summed E-state index contributed by atoms with van der Waals surface area (Å²) in [5.41, 5.74) is -1.07. The number of likely N-dealkylation sites (tertiary alicyclic amines) is 1. The molecule has 0 bridgehead atoms. The van der Waals surface area contributed by atoms with Gasteiger partial charge in [0.15, 0.2) is 11.3 Å². The first-order valence-electron chi connectivity index (χ1n) is 22.5. The second-order valence-electron chi connectivity index (χ2n) is 18.9. The maximum atomic E-state index is 14.6. The van der Waals surface area contributed by atoms with Crippen LogP contribution in [0.25, 0.3) is 0 Å². The van der Waals surface area contributed by atoms with Gasteiger partial charge in [0.1, 0.15) is 17.2 Å². The summed E-state index contributed by atoms with van der Waals surface area (Å²) in [6.45, 7) is 13.6. The lowest BCUT2D eigenvalue weighted by Crippen LogP contribution is -2.59. The van der Waals surface area contributed by atoms with Crippen molar-refractivity contribution in [1.29, 1.82) is 0 Å². The number of Topliss-reactive ketones (excluding diaryl/α,β-unsaturated/α-hetero) is 1. The molecule has 0 radical (unpaired) electrons. The van der Waals surface area contributed by atoms with Gasteiger partial charge in [0.25, 0.3) is 0 Å². The number of nitrogens with zero attached hydrogens (tertiary/aromatic N) is 3. The number of unbranched alkanes of at least 4 members (excludes halogenated alkanes) is 1. The second-order valence-corrected chi connectivity index (χ2v) is 18.9. The van der Waals surface area contributed by atoms with Crippen LogP contribution < -0.4 is 21.3 Å². The number of benzene rings is 2. The van der Waals surface area contributed by atoms with Gasteiger partial charge < -0.3 is 35.1 Å². The van der Waals surface area contributed by atoms with Crippen LogP contribution in [0.1, 0.15) is 104 Å². The van der Waals surface area contributed by atoms with E-state index in [1.807, 2.05) is 67.6 Å². The minimum absolute atomic E-state index is 0.00660. The monoisotopic (exact) mass is 913 g/mol. The Bertz CT molecular complexity index is 2120. The molecule has 1 aliphatic rings. The summed E-state index contributed by atoms with van der Waals surface area (Å²) < 4.78 is 15.8. The summed E-state index contributed by atoms with van der Waals surface area (Å²) in [6.07, 6.45) is 3.10. The molecule has 17 nitrogen and oxygen atoms in total. The Balaban J connectivity index is 1.62. The van der Waals surface area contributed by atoms with Crippen molar-refractivity contribution in [3.8, 4) is 0 Å². The number of methoxy groups -OCH3 is 1. The third-order valence-corrected chi connectivity index (χ3v) is 10.8. The molecule has 5 amide bonds. The largest absolute Gasteiger partial charge is 0.467 e. The number of nitrogens with one attached hydrogen (secondary N) is 4. The number of carbonyl (C=O) groups excluding carboxylic acids is 7. The summed E-state index contributed by atoms with van der Waals surface area (Å²) in [6, 6.07) is 16.7. The molecule has 5 atom stereocenters. The average molecular weight is 914 g/mol. The molecule has 1 aromatic heterocycles. The van der Waals surface area contributed by atoms with Crippen molar-refractivity contribution in [1.82, 2.24) is 30.8 Å². The van der Waals surface area contributed by atoms with Crippen LogP contribution in [0.2, 0.25) is 0 Å². The highest BCUT2D eigenvalue weighted by atomic mass is 16.6. The normalized spacial score (nSPS) is 16.7. The lowest BCUT2D eigenvalue weighted by molar-refractivity contribution is -0.148. The molecule has 0 spiro atoms. The van der Waals surface area contributed by atoms with Crippen molar-refractivity contribution in [2.75, 3.05) is 25.5 Å². The SMILES string of the molecule is CCCC[C@@H](CC(=O)[C@@H](Cc1ccccc1)NC(=O)[C@H](C)Cc1ccccc1)C(=O)N[C@H](Cc1cnc(NC(=O)OC(C)(C)C)nc1)C(=O)N1CCC(NC(=O)OC(C)(C)C)(C(=O)OC)C1. The molecule has 1 unspecified atom stereocenters. The van der Waals surface area contributed by atoms with Crippen molar-refractivity contribution in [3.63, 3.8) is 0 Å². The predicted octanol–water partition coefficient (Wildman–Crippen LogP) is 5.89. The van der Waals surface area contributed by atoms with Gasteiger partial charge in [-0.05, 0) is 77.5 Å². The van der Waals surface area contributed by atoms with Gasteiger partial charge in [-0.15, -0.1) is 0 Å². The molecule has 3 aromatic rings. The van der Waals surface area contributed by atoms with E-state index in [0.29, 0.717) is 24.8 Å². The van der Waals surface area contributed by atoms with Crippen molar-refractivity contribution in [3.05, 3.63) is 89.7 Å². The Hall–Kier alpha value is -6.39. The number of hydrogen-bond donors (Lipinski definition) is 4. The molecule has 2 aromatic carbocycles. The first-order chi connectivity index (χ1) is 31.1. The van der Waals surface area contributed by atoms with Crippen LogP contribution in [-0.4, -0.2) is 106 Å². The van der Waals surface area contributed by atoms with Crippen LogP contribution in [0.4, 0.5) is 15.5 Å². The maximum absolute atomic E-state index is 14.6. The zero-order valence-electron chi connectivity index (χ0n) is 39.7. The van der Waals surface area contributed by atoms with Crippen molar-refractivity contribution < 1.29 is 47.8 Å². The molecule has 0 aliphatic carbocycles. The minimum atomic E-state index is -1.65. The highest BCUT2D eigenvalue weighted by Gasteiger charge is 2.50. The average Bonchev–Trinajstić information content (AvgIpc) is 3.68. The van der Waals surface area contributed by atoms with Gasteiger partial charge in [-0.1, -0.05) is 87.4 Å². The number of hydrogen-bond acceptors (Lipinski definition) is 12. The van der Waals surface area contributed by atoms with E-state index >= 15 is 0 Å². The molecule has 17 heteroatoms. The molecule has 4 rings (SSSR count). The standard InChI is InChI=1S/C49H67N7O10/c1-10-11-22-36(28-39(57)37(26-34-20-16-13-17-21-34)52-40(58)32(2)25-33-18-14-12-15-19-33)41(59)53-38(27-35-29-50-44(51-30-35)54-45(62)65-47(3,4)5)42(60)56-24-23-49(31-56,43(61)64-9)55-46(63)66-48(6,7)8/h12-21,29-30,32,36-38H,10-11,22-28,31H2,1-9H3,(H,52,58)(H,53,59)(H,55,63)(H,50,51,54,62)/t32-,36+,37-,38-,49?/m1/s1. The molecule has 1 saturated heterocycles. The molecular formula is C49H67N7O10. The lowest BCUT2D eigenvalue weighted by atomic mass is 9.90. The molecule has 358 valence electrons. The molecular weight excluding hydrogens is 847 g/mol. The zero-order chi connectivity index (χ0) is 48.7. The maximum Gasteiger partial charge on any atom is 0.414 e. The van der Waals surface area contributed by atoms with E-state index in [2.05, 4.69) is 31.2 Å². The topological polar surface area (TPSA) is 224 Å². The van der Waals surface area contributed by atoms with E-state index in [1.165, 1.54) is 24.4 Å². The number of amides is 5. The third kappa shape index (κ3) is 16.6. The predicted molar refractivity (Wildman–Crippen MR) is 247 cm³/mol. The number of rotatable bonds is 20. The van der Waals surface area contributed by atoms with Gasteiger partial charge in [0, 0.05) is 50.0 Å². The number of esters is 1. The van der Waals surface area contributed by atoms with E-state index in [-0.39, 0.29) is 56.4 Å². The van der Waals surface area contributed by atoms with Crippen molar-refractivity contribution >= 4 is 47.6 Å². The van der Waals surface area contributed by atoms with Gasteiger partial charge in [0.05, 0.1) is 19.7 Å². The first-order valence-corrected chi connectivity index (χ1v) is 22.5. The highest BCUT2D eigenvalue weighted by Crippen LogP contribution is 2.26. The fraction of sp³-hybridized carbons (Fsp3) is 0.531. The fourth-order valence-corrected chi connectivity index (χ4v) is 7.51. The Morgan fingerprint density at radius 3 is 1.85 bits per heavy atom. The van der Waals surface area contributed by atoms with Crippen molar-refractivity contribution in [2.45, 2.75) is 136 Å². The quantitative estimate of drug-likeness (QED) is 0.0770. The number of ether oxygens (including phenoxy) is 3. The van der Waals surface area contributed by atoms with Gasteiger partial charge >= 0.3 is 18.2 Å². The molecule has 1 aliphatic heterocycles. The smallest absolute Gasteiger partial charge is 0.414 e. The number of alkyl carbamates (subject to hydrolysis) is 1. The molecule has 0 saturated carbocycles. The van der Waals surface area contributed by atoms with Gasteiger partial charge in [-0.3, -0.25) is 24.5 Å². The molecule has 66 heavy (non-hydrogen) atoms. The Labute approximate surface area is 387 Å². The first kappa shape index (κ1) is 52.2. The van der Waals surface area contributed by atoms with Crippen LogP contribution in [0, 0.1) is 11.8 Å². The Morgan fingerprint density at radius 1 is 0.742 bits per heavy atom. The summed E-state index contributed by atoms with van der Waals surface area (Å²) in [4.78, 5) is 106. The lowest BCUT2D eigenvalue weighted by Gasteiger charge is -2.30. The molecule has 1 fully saturated rings. The summed E-state index contributed by atoms with van der Waals surface area (Å²) in [5.74, 6) is -3.95. The third-order valence-electron chi connectivity index (χ3n) is 10.8. The minimum Gasteiger partial charge on any atom is -0.467 e. The van der Waals surface area contributed by atoms with Crippen LogP contribution in [0.3, 0.4) is 0 Å². The van der Waals surface area contributed by atoms with Gasteiger partial charge in [0.2, 0.25) is 23.7 Å². The summed E-state index contributed by atoms with van der Waals surface area (Å²) in [7, 11) is 1.18. The Morgan fingerprint density at radius 2 is 1.29 bits per heavy atom. The van der Waals surface area contributed by atoms with E-state index in [9.17, 15) is 33.6 Å². The molecule has 4 N–H and O–H groups in total. The second kappa shape index (κ2) is 23.7. The number of ketones is 1. The fourth-order valence-electron chi connectivity index (χ4n) is 7.51. The van der Waals surface area contributed by atoms with E-state index < -0.39 is 70.6 Å². The van der Waals surface area contributed by atoms with Crippen LogP contribution >= 0.6 is 0 Å². The van der Waals surface area contributed by atoms with E-state index in [0.717, 1.165) is 17.5 Å². The summed E-state index contributed by atoms with van der Waals surface area (Å²) >= 11 is 0. The van der Waals surface area contributed by atoms with Crippen molar-refractivity contribution in [2.24, 2.45) is 11.8 Å². The van der Waals surface area contributed by atoms with Gasteiger partial charge in [-0.25, -0.2) is 24.4 Å². The zero-order valence-corrected chi connectivity index (χ0v) is 39.7. The number of anilines is 1. The number of carbonyl (C=O) groups is 7. The van der Waals surface area contributed by atoms with Crippen LogP contribution in [0.5, 0.6) is 0 Å². The summed E-state index contributed by atoms with van der Waals surface area (Å²) in [5, 5.41) is 11.0. The number of aromatic nitrogens is 2. The van der Waals surface area contributed by atoms with Crippen LogP contribution in [0.15, 0.2) is 73.1 Å². The molecule has 2 heterocycles. The van der Waals surface area contributed by atoms with Gasteiger partial charge in [-0.2, -0.15) is 0 Å².